The van der Waals surface area contributed by atoms with Gasteiger partial charge in [-0.25, -0.2) is 0 Å². The largest absolute Gasteiger partial charge is 0.463 e. The predicted octanol–water partition coefficient (Wildman–Crippen LogP) is 2.30. The standard InChI is InChI=1S/C12H18O3/c1-2-10-5-6-11(15-10)12-9(8-13)4-3-7-14-12/h5-6,9,12-13H,2-4,7-8H2,1H3. The molecule has 2 unspecified atom stereocenters. The molecule has 3 heteroatoms. The number of hydrogen-bond acceptors (Lipinski definition) is 3. The summed E-state index contributed by atoms with van der Waals surface area (Å²) in [6.07, 6.45) is 2.90. The van der Waals surface area contributed by atoms with E-state index in [9.17, 15) is 5.11 Å². The molecule has 0 amide bonds. The van der Waals surface area contributed by atoms with Gasteiger partial charge >= 0.3 is 0 Å². The van der Waals surface area contributed by atoms with Crippen molar-refractivity contribution in [1.82, 2.24) is 0 Å². The Balaban J connectivity index is 2.12. The van der Waals surface area contributed by atoms with Gasteiger partial charge in [-0.1, -0.05) is 6.92 Å². The zero-order valence-corrected chi connectivity index (χ0v) is 9.11. The van der Waals surface area contributed by atoms with Crippen LogP contribution in [0.25, 0.3) is 0 Å². The van der Waals surface area contributed by atoms with Crippen molar-refractivity contribution in [3.8, 4) is 0 Å². The average Bonchev–Trinajstić information content (AvgIpc) is 2.77. The SMILES string of the molecule is CCc1ccc(C2OCCCC2CO)o1. The summed E-state index contributed by atoms with van der Waals surface area (Å²) in [4.78, 5) is 0. The maximum absolute atomic E-state index is 9.27. The van der Waals surface area contributed by atoms with Crippen LogP contribution < -0.4 is 0 Å². The quantitative estimate of drug-likeness (QED) is 0.832. The fourth-order valence-electron chi connectivity index (χ4n) is 2.08. The van der Waals surface area contributed by atoms with Gasteiger partial charge < -0.3 is 14.3 Å². The first kappa shape index (κ1) is 10.7. The molecule has 1 N–H and O–H groups in total. The van der Waals surface area contributed by atoms with E-state index < -0.39 is 0 Å². The monoisotopic (exact) mass is 210 g/mol. The highest BCUT2D eigenvalue weighted by atomic mass is 16.5. The maximum atomic E-state index is 9.27. The highest BCUT2D eigenvalue weighted by Crippen LogP contribution is 2.34. The van der Waals surface area contributed by atoms with E-state index in [2.05, 4.69) is 6.92 Å². The number of aliphatic hydroxyl groups is 1. The number of rotatable bonds is 3. The van der Waals surface area contributed by atoms with Crippen LogP contribution in [-0.4, -0.2) is 18.3 Å². The van der Waals surface area contributed by atoms with Crippen LogP contribution in [0.4, 0.5) is 0 Å². The lowest BCUT2D eigenvalue weighted by molar-refractivity contribution is -0.0567. The van der Waals surface area contributed by atoms with Crippen molar-refractivity contribution in [1.29, 1.82) is 0 Å². The van der Waals surface area contributed by atoms with Crippen LogP contribution in [0.1, 0.15) is 37.4 Å². The fourth-order valence-corrected chi connectivity index (χ4v) is 2.08. The molecule has 1 saturated heterocycles. The summed E-state index contributed by atoms with van der Waals surface area (Å²) in [5.74, 6) is 2.04. The first-order chi connectivity index (χ1) is 7.35. The van der Waals surface area contributed by atoms with Crippen molar-refractivity contribution in [3.63, 3.8) is 0 Å². The molecule has 1 fully saturated rings. The molecule has 0 spiro atoms. The molecule has 15 heavy (non-hydrogen) atoms. The van der Waals surface area contributed by atoms with Crippen molar-refractivity contribution >= 4 is 0 Å². The molecule has 3 nitrogen and oxygen atoms in total. The summed E-state index contributed by atoms with van der Waals surface area (Å²) in [6.45, 7) is 3.00. The van der Waals surface area contributed by atoms with Crippen molar-refractivity contribution in [3.05, 3.63) is 23.7 Å². The molecule has 1 aliphatic rings. The van der Waals surface area contributed by atoms with Crippen LogP contribution >= 0.6 is 0 Å². The number of aliphatic hydroxyl groups excluding tert-OH is 1. The van der Waals surface area contributed by atoms with Crippen LogP contribution in [0.3, 0.4) is 0 Å². The second-order valence-electron chi connectivity index (χ2n) is 4.03. The van der Waals surface area contributed by atoms with E-state index in [1.165, 1.54) is 0 Å². The minimum absolute atomic E-state index is 0.0518. The van der Waals surface area contributed by atoms with Gasteiger partial charge in [0.2, 0.25) is 0 Å². The summed E-state index contributed by atoms with van der Waals surface area (Å²) in [5.41, 5.74) is 0. The summed E-state index contributed by atoms with van der Waals surface area (Å²) in [7, 11) is 0. The Labute approximate surface area is 90.0 Å². The number of hydrogen-bond donors (Lipinski definition) is 1. The van der Waals surface area contributed by atoms with Gasteiger partial charge in [-0.15, -0.1) is 0 Å². The average molecular weight is 210 g/mol. The van der Waals surface area contributed by atoms with E-state index in [1.807, 2.05) is 12.1 Å². The predicted molar refractivity (Wildman–Crippen MR) is 56.6 cm³/mol. The van der Waals surface area contributed by atoms with E-state index in [1.54, 1.807) is 0 Å². The smallest absolute Gasteiger partial charge is 0.133 e. The second-order valence-corrected chi connectivity index (χ2v) is 4.03. The third-order valence-corrected chi connectivity index (χ3v) is 2.99. The normalized spacial score (nSPS) is 26.8. The van der Waals surface area contributed by atoms with Crippen molar-refractivity contribution in [2.45, 2.75) is 32.3 Å². The lowest BCUT2D eigenvalue weighted by atomic mass is 9.94. The molecule has 2 atom stereocenters. The Kier molecular flexibility index (Phi) is 3.44. The number of aryl methyl sites for hydroxylation is 1. The fraction of sp³-hybridized carbons (Fsp3) is 0.667. The van der Waals surface area contributed by atoms with E-state index in [4.69, 9.17) is 9.15 Å². The number of ether oxygens (including phenoxy) is 1. The Morgan fingerprint density at radius 1 is 1.47 bits per heavy atom. The van der Waals surface area contributed by atoms with Crippen LogP contribution in [-0.2, 0) is 11.2 Å². The van der Waals surface area contributed by atoms with Crippen LogP contribution in [0, 0.1) is 5.92 Å². The molecule has 1 aromatic rings. The third-order valence-electron chi connectivity index (χ3n) is 2.99. The molecule has 0 radical (unpaired) electrons. The minimum Gasteiger partial charge on any atom is -0.463 e. The summed E-state index contributed by atoms with van der Waals surface area (Å²) < 4.78 is 11.3. The van der Waals surface area contributed by atoms with E-state index in [-0.39, 0.29) is 18.6 Å². The molecule has 1 aromatic heterocycles. The molecule has 2 rings (SSSR count). The summed E-state index contributed by atoms with van der Waals surface area (Å²) in [6, 6.07) is 3.96. The first-order valence-electron chi connectivity index (χ1n) is 5.66. The number of furan rings is 1. The van der Waals surface area contributed by atoms with Crippen LogP contribution in [0.2, 0.25) is 0 Å². The van der Waals surface area contributed by atoms with E-state index >= 15 is 0 Å². The van der Waals surface area contributed by atoms with E-state index in [0.717, 1.165) is 37.4 Å². The van der Waals surface area contributed by atoms with Gasteiger partial charge in [0.05, 0.1) is 0 Å². The molecular weight excluding hydrogens is 192 g/mol. The van der Waals surface area contributed by atoms with Gasteiger partial charge in [0, 0.05) is 25.6 Å². The lowest BCUT2D eigenvalue weighted by Gasteiger charge is -2.28. The Morgan fingerprint density at radius 2 is 2.33 bits per heavy atom. The highest BCUT2D eigenvalue weighted by molar-refractivity contribution is 5.11. The minimum atomic E-state index is -0.0518. The molecule has 84 valence electrons. The summed E-state index contributed by atoms with van der Waals surface area (Å²) >= 11 is 0. The van der Waals surface area contributed by atoms with Crippen molar-refractivity contribution < 1.29 is 14.3 Å². The van der Waals surface area contributed by atoms with Gasteiger partial charge in [-0.05, 0) is 25.0 Å². The lowest BCUT2D eigenvalue weighted by Crippen LogP contribution is -2.24. The van der Waals surface area contributed by atoms with Crippen LogP contribution in [0.15, 0.2) is 16.5 Å². The third kappa shape index (κ3) is 2.24. The van der Waals surface area contributed by atoms with Gasteiger partial charge in [-0.2, -0.15) is 0 Å². The summed E-state index contributed by atoms with van der Waals surface area (Å²) in [5, 5.41) is 9.27. The topological polar surface area (TPSA) is 42.6 Å². The molecule has 0 saturated carbocycles. The second kappa shape index (κ2) is 4.81. The van der Waals surface area contributed by atoms with Crippen LogP contribution in [0.5, 0.6) is 0 Å². The highest BCUT2D eigenvalue weighted by Gasteiger charge is 2.29. The first-order valence-corrected chi connectivity index (χ1v) is 5.66. The van der Waals surface area contributed by atoms with Gasteiger partial charge in [0.25, 0.3) is 0 Å². The molecule has 0 bridgehead atoms. The molecule has 0 aliphatic carbocycles. The zero-order valence-electron chi connectivity index (χ0n) is 9.11. The van der Waals surface area contributed by atoms with Gasteiger partial charge in [0.1, 0.15) is 17.6 Å². The Hall–Kier alpha value is -0.800. The Bertz CT molecular complexity index is 306. The molecule has 0 aromatic carbocycles. The Morgan fingerprint density at radius 3 is 3.00 bits per heavy atom. The van der Waals surface area contributed by atoms with Gasteiger partial charge in [0.15, 0.2) is 0 Å². The van der Waals surface area contributed by atoms with Crippen molar-refractivity contribution in [2.75, 3.05) is 13.2 Å². The molecule has 2 heterocycles. The zero-order chi connectivity index (χ0) is 10.7. The molecular formula is C12H18O3. The molecule has 1 aliphatic heterocycles. The van der Waals surface area contributed by atoms with E-state index in [0.29, 0.717) is 0 Å². The maximum Gasteiger partial charge on any atom is 0.133 e. The van der Waals surface area contributed by atoms with Gasteiger partial charge in [-0.3, -0.25) is 0 Å². The van der Waals surface area contributed by atoms with Crippen molar-refractivity contribution in [2.24, 2.45) is 5.92 Å².